The summed E-state index contributed by atoms with van der Waals surface area (Å²) in [7, 11) is 0. The summed E-state index contributed by atoms with van der Waals surface area (Å²) in [5.74, 6) is 0. The van der Waals surface area contributed by atoms with Gasteiger partial charge in [0.1, 0.15) is 0 Å². The van der Waals surface area contributed by atoms with Crippen LogP contribution in [0.3, 0.4) is 0 Å². The molecule has 0 saturated carbocycles. The molecule has 1 aliphatic rings. The van der Waals surface area contributed by atoms with Crippen LogP contribution in [0.2, 0.25) is 0 Å². The van der Waals surface area contributed by atoms with Crippen LogP contribution < -0.4 is 5.43 Å². The van der Waals surface area contributed by atoms with E-state index in [1.165, 1.54) is 0 Å². The zero-order valence-corrected chi connectivity index (χ0v) is 4.40. The van der Waals surface area contributed by atoms with Crippen LogP contribution >= 0.6 is 0 Å². The molecule has 1 saturated heterocycles. The summed E-state index contributed by atoms with van der Waals surface area (Å²) in [5.41, 5.74) is 2.54. The highest BCUT2D eigenvalue weighted by Gasteiger charge is 2.18. The largest absolute Gasteiger partial charge is 0.306 e. The van der Waals surface area contributed by atoms with E-state index in [9.17, 15) is 8.78 Å². The van der Waals surface area contributed by atoms with Gasteiger partial charge in [-0.3, -0.25) is 5.43 Å². The highest BCUT2D eigenvalue weighted by Crippen LogP contribution is 2.03. The highest BCUT2D eigenvalue weighted by molar-refractivity contribution is 4.58. The normalized spacial score (nSPS) is 22.9. The Kier molecular flexibility index (Phi) is 1.75. The number of alkyl halides is 2. The van der Waals surface area contributed by atoms with Crippen molar-refractivity contribution < 1.29 is 8.78 Å². The summed E-state index contributed by atoms with van der Waals surface area (Å²) >= 11 is 0. The maximum absolute atomic E-state index is 11.6. The first kappa shape index (κ1) is 5.91. The highest BCUT2D eigenvalue weighted by atomic mass is 19.3. The van der Waals surface area contributed by atoms with E-state index in [-0.39, 0.29) is 0 Å². The monoisotopic (exact) mass is 122 g/mol. The van der Waals surface area contributed by atoms with Gasteiger partial charge in [-0.05, 0) is 6.42 Å². The van der Waals surface area contributed by atoms with Crippen LogP contribution in [0.5, 0.6) is 0 Å². The molecule has 0 aromatic carbocycles. The Labute approximate surface area is 46.4 Å². The zero-order valence-electron chi connectivity index (χ0n) is 4.40. The number of nitrogens with one attached hydrogen (secondary N) is 1. The topological polar surface area (TPSA) is 15.3 Å². The third kappa shape index (κ3) is 1.14. The molecule has 1 heterocycles. The van der Waals surface area contributed by atoms with E-state index in [1.807, 2.05) is 0 Å². The molecule has 1 N–H and O–H groups in total. The summed E-state index contributed by atoms with van der Waals surface area (Å²) in [4.78, 5) is 0. The summed E-state index contributed by atoms with van der Waals surface area (Å²) in [6.07, 6.45) is 0.824. The first-order chi connectivity index (χ1) is 3.80. The van der Waals surface area contributed by atoms with Crippen molar-refractivity contribution in [1.82, 2.24) is 10.4 Å². The Balaban J connectivity index is 2.24. The molecule has 1 rings (SSSR count). The van der Waals surface area contributed by atoms with Crippen LogP contribution in [0.25, 0.3) is 0 Å². The Morgan fingerprint density at radius 3 is 2.50 bits per heavy atom. The number of rotatable bonds is 1. The molecular formula is C4H8F2N2. The molecule has 8 heavy (non-hydrogen) atoms. The molecule has 0 aromatic heterocycles. The van der Waals surface area contributed by atoms with E-state index in [0.29, 0.717) is 13.1 Å². The fourth-order valence-corrected chi connectivity index (χ4v) is 0.718. The predicted octanol–water partition coefficient (Wildman–Crippen LogP) is 0.419. The minimum Gasteiger partial charge on any atom is -0.250 e. The zero-order chi connectivity index (χ0) is 5.98. The summed E-state index contributed by atoms with van der Waals surface area (Å²) in [5, 5.41) is 0.944. The summed E-state index contributed by atoms with van der Waals surface area (Å²) in [6.45, 7) is -1.18. The van der Waals surface area contributed by atoms with Crippen LogP contribution in [0, 0.1) is 0 Å². The van der Waals surface area contributed by atoms with Gasteiger partial charge in [-0.1, -0.05) is 0 Å². The van der Waals surface area contributed by atoms with E-state index >= 15 is 0 Å². The van der Waals surface area contributed by atoms with Crippen LogP contribution in [-0.4, -0.2) is 24.6 Å². The van der Waals surface area contributed by atoms with Crippen molar-refractivity contribution in [3.05, 3.63) is 0 Å². The number of halogens is 2. The molecule has 0 spiro atoms. The second-order valence-electron chi connectivity index (χ2n) is 1.73. The number of hydrazine groups is 1. The van der Waals surface area contributed by atoms with E-state index in [2.05, 4.69) is 5.43 Å². The lowest BCUT2D eigenvalue weighted by molar-refractivity contribution is -0.0403. The fourth-order valence-electron chi connectivity index (χ4n) is 0.718. The summed E-state index contributed by atoms with van der Waals surface area (Å²) < 4.78 is 23.2. The second kappa shape index (κ2) is 2.37. The Bertz CT molecular complexity index is 70.4. The van der Waals surface area contributed by atoms with Crippen LogP contribution in [-0.2, 0) is 0 Å². The molecule has 48 valence electrons. The minimum absolute atomic E-state index is 0.470. The van der Waals surface area contributed by atoms with Crippen molar-refractivity contribution in [3.63, 3.8) is 0 Å². The van der Waals surface area contributed by atoms with Gasteiger partial charge < -0.3 is 0 Å². The van der Waals surface area contributed by atoms with Gasteiger partial charge in [0.05, 0.1) is 0 Å². The molecule has 0 radical (unpaired) electrons. The van der Waals surface area contributed by atoms with Gasteiger partial charge in [0.2, 0.25) is 0 Å². The average molecular weight is 122 g/mol. The van der Waals surface area contributed by atoms with Gasteiger partial charge in [0.25, 0.3) is 0 Å². The third-order valence-electron chi connectivity index (χ3n) is 1.13. The van der Waals surface area contributed by atoms with Crippen molar-refractivity contribution in [2.45, 2.75) is 13.0 Å². The molecule has 2 nitrogen and oxygen atoms in total. The summed E-state index contributed by atoms with van der Waals surface area (Å²) in [6, 6.07) is 0. The molecule has 0 aromatic rings. The molecule has 4 heteroatoms. The van der Waals surface area contributed by atoms with Crippen molar-refractivity contribution in [2.24, 2.45) is 0 Å². The van der Waals surface area contributed by atoms with Crippen molar-refractivity contribution >= 4 is 0 Å². The van der Waals surface area contributed by atoms with Crippen LogP contribution in [0.15, 0.2) is 0 Å². The van der Waals surface area contributed by atoms with Crippen molar-refractivity contribution in [3.8, 4) is 0 Å². The Morgan fingerprint density at radius 1 is 1.50 bits per heavy atom. The van der Waals surface area contributed by atoms with Crippen molar-refractivity contribution in [1.29, 1.82) is 0 Å². The molecule has 0 atom stereocenters. The van der Waals surface area contributed by atoms with Gasteiger partial charge in [0, 0.05) is 13.1 Å². The Morgan fingerprint density at radius 2 is 2.25 bits per heavy atom. The van der Waals surface area contributed by atoms with E-state index in [4.69, 9.17) is 0 Å². The lowest BCUT2D eigenvalue weighted by Gasteiger charge is -2.11. The molecule has 1 aliphatic heterocycles. The van der Waals surface area contributed by atoms with Crippen LogP contribution in [0.4, 0.5) is 8.78 Å². The molecule has 0 aliphatic carbocycles. The van der Waals surface area contributed by atoms with Gasteiger partial charge in [0.15, 0.2) is 0 Å². The number of nitrogens with zero attached hydrogens (tertiary/aromatic N) is 1. The van der Waals surface area contributed by atoms with Gasteiger partial charge in [-0.2, -0.15) is 13.8 Å². The number of hydrogen-bond acceptors (Lipinski definition) is 2. The molecular weight excluding hydrogens is 114 g/mol. The van der Waals surface area contributed by atoms with Gasteiger partial charge in [-0.15, -0.1) is 0 Å². The first-order valence-electron chi connectivity index (χ1n) is 2.59. The molecule has 0 amide bonds. The van der Waals surface area contributed by atoms with Crippen molar-refractivity contribution in [2.75, 3.05) is 13.1 Å². The van der Waals surface area contributed by atoms with E-state index < -0.39 is 6.55 Å². The molecule has 0 bridgehead atoms. The maximum atomic E-state index is 11.6. The smallest absolute Gasteiger partial charge is 0.250 e. The first-order valence-corrected chi connectivity index (χ1v) is 2.59. The van der Waals surface area contributed by atoms with Gasteiger partial charge >= 0.3 is 6.55 Å². The third-order valence-corrected chi connectivity index (χ3v) is 1.13. The van der Waals surface area contributed by atoms with E-state index in [0.717, 1.165) is 11.4 Å². The Hall–Kier alpha value is -0.220. The number of hydrogen-bond donors (Lipinski definition) is 1. The average Bonchev–Trinajstić information content (AvgIpc) is 2.12. The van der Waals surface area contributed by atoms with Crippen LogP contribution in [0.1, 0.15) is 6.42 Å². The molecule has 0 unspecified atom stereocenters. The maximum Gasteiger partial charge on any atom is 0.306 e. The standard InChI is InChI=1S/C4H8F2N2/c5-4(6)8-3-1-2-7-8/h4,7H,1-3H2. The lowest BCUT2D eigenvalue weighted by atomic mass is 10.5. The van der Waals surface area contributed by atoms with E-state index in [1.54, 1.807) is 0 Å². The molecule has 1 fully saturated rings. The fraction of sp³-hybridized carbons (Fsp3) is 1.00. The quantitative estimate of drug-likeness (QED) is 0.507. The second-order valence-corrected chi connectivity index (χ2v) is 1.73. The van der Waals surface area contributed by atoms with Gasteiger partial charge in [-0.25, -0.2) is 0 Å². The SMILES string of the molecule is FC(F)N1CCCN1. The minimum atomic E-state index is -2.34. The lowest BCUT2D eigenvalue weighted by Crippen LogP contribution is -2.35. The predicted molar refractivity (Wildman–Crippen MR) is 25.3 cm³/mol.